The average Bonchev–Trinajstić information content (AvgIpc) is 2.21. The first-order valence-corrected chi connectivity index (χ1v) is 5.93. The number of aryl methyl sites for hydroxylation is 1. The number of carboxylic acids is 1. The molecule has 0 radical (unpaired) electrons. The molecule has 0 atom stereocenters. The van der Waals surface area contributed by atoms with Crippen molar-refractivity contribution in [2.75, 3.05) is 13.6 Å². The summed E-state index contributed by atoms with van der Waals surface area (Å²) >= 11 is 3.45. The molecule has 0 unspecified atom stereocenters. The van der Waals surface area contributed by atoms with Gasteiger partial charge in [0.15, 0.2) is 0 Å². The summed E-state index contributed by atoms with van der Waals surface area (Å²) < 4.78 is 1.10. The smallest absolute Gasteiger partial charge is 0.304 e. The standard InChI is InChI=1S/C12H16BrNO2/c1-9-7-10(3-4-11(9)13)8-14(2)6-5-12(15)16/h3-4,7H,5-6,8H2,1-2H3,(H,15,16). The van der Waals surface area contributed by atoms with Gasteiger partial charge in [-0.1, -0.05) is 28.1 Å². The van der Waals surface area contributed by atoms with Crippen molar-refractivity contribution in [3.63, 3.8) is 0 Å². The van der Waals surface area contributed by atoms with Gasteiger partial charge < -0.3 is 10.0 Å². The van der Waals surface area contributed by atoms with Crippen LogP contribution in [0.4, 0.5) is 0 Å². The molecule has 0 aliphatic heterocycles. The summed E-state index contributed by atoms with van der Waals surface area (Å²) in [6.07, 6.45) is 0.187. The van der Waals surface area contributed by atoms with E-state index in [1.165, 1.54) is 11.1 Å². The third kappa shape index (κ3) is 4.33. The Morgan fingerprint density at radius 2 is 2.19 bits per heavy atom. The van der Waals surface area contributed by atoms with Gasteiger partial charge in [0.05, 0.1) is 6.42 Å². The van der Waals surface area contributed by atoms with E-state index in [2.05, 4.69) is 22.0 Å². The van der Waals surface area contributed by atoms with Crippen molar-refractivity contribution in [1.29, 1.82) is 0 Å². The van der Waals surface area contributed by atoms with Gasteiger partial charge >= 0.3 is 5.97 Å². The second kappa shape index (κ2) is 6.01. The van der Waals surface area contributed by atoms with Crippen LogP contribution in [0.15, 0.2) is 22.7 Å². The van der Waals surface area contributed by atoms with Crippen LogP contribution in [0.2, 0.25) is 0 Å². The van der Waals surface area contributed by atoms with Crippen molar-refractivity contribution in [3.05, 3.63) is 33.8 Å². The van der Waals surface area contributed by atoms with E-state index in [0.717, 1.165) is 11.0 Å². The summed E-state index contributed by atoms with van der Waals surface area (Å²) in [6.45, 7) is 3.40. The maximum absolute atomic E-state index is 10.4. The number of rotatable bonds is 5. The molecule has 0 heterocycles. The number of benzene rings is 1. The lowest BCUT2D eigenvalue weighted by molar-refractivity contribution is -0.137. The molecule has 0 aromatic heterocycles. The number of hydrogen-bond donors (Lipinski definition) is 1. The average molecular weight is 286 g/mol. The first-order chi connectivity index (χ1) is 7.49. The van der Waals surface area contributed by atoms with Crippen LogP contribution < -0.4 is 0 Å². The predicted octanol–water partition coefficient (Wildman–Crippen LogP) is 2.66. The summed E-state index contributed by atoms with van der Waals surface area (Å²) in [5.41, 5.74) is 2.40. The van der Waals surface area contributed by atoms with Gasteiger partial charge in [-0.2, -0.15) is 0 Å². The molecule has 0 saturated carbocycles. The number of hydrogen-bond acceptors (Lipinski definition) is 2. The zero-order chi connectivity index (χ0) is 12.1. The highest BCUT2D eigenvalue weighted by molar-refractivity contribution is 9.10. The van der Waals surface area contributed by atoms with Crippen LogP contribution in [0.1, 0.15) is 17.5 Å². The van der Waals surface area contributed by atoms with E-state index in [1.807, 2.05) is 31.0 Å². The Balaban J connectivity index is 2.52. The molecule has 4 heteroatoms. The molecule has 0 aliphatic carbocycles. The van der Waals surface area contributed by atoms with Crippen LogP contribution in [0.3, 0.4) is 0 Å². The highest BCUT2D eigenvalue weighted by Gasteiger charge is 2.04. The molecule has 0 aliphatic rings. The van der Waals surface area contributed by atoms with Crippen molar-refractivity contribution in [3.8, 4) is 0 Å². The molecule has 0 amide bonds. The molecule has 1 aromatic carbocycles. The van der Waals surface area contributed by atoms with Gasteiger partial charge in [-0.15, -0.1) is 0 Å². The molecule has 3 nitrogen and oxygen atoms in total. The van der Waals surface area contributed by atoms with E-state index in [4.69, 9.17) is 5.11 Å². The lowest BCUT2D eigenvalue weighted by atomic mass is 10.1. The van der Waals surface area contributed by atoms with E-state index in [0.29, 0.717) is 6.54 Å². The second-order valence-electron chi connectivity index (χ2n) is 3.97. The molecule has 1 N–H and O–H groups in total. The van der Waals surface area contributed by atoms with Crippen LogP contribution in [0.5, 0.6) is 0 Å². The van der Waals surface area contributed by atoms with Gasteiger partial charge in [0.25, 0.3) is 0 Å². The molecule has 0 bridgehead atoms. The monoisotopic (exact) mass is 285 g/mol. The van der Waals surface area contributed by atoms with Crippen molar-refractivity contribution in [2.24, 2.45) is 0 Å². The normalized spacial score (nSPS) is 10.8. The first kappa shape index (κ1) is 13.2. The highest BCUT2D eigenvalue weighted by Crippen LogP contribution is 2.17. The number of nitrogens with zero attached hydrogens (tertiary/aromatic N) is 1. The molecule has 0 saturated heterocycles. The van der Waals surface area contributed by atoms with Crippen molar-refractivity contribution in [2.45, 2.75) is 19.9 Å². The van der Waals surface area contributed by atoms with Crippen molar-refractivity contribution < 1.29 is 9.90 Å². The van der Waals surface area contributed by atoms with E-state index in [1.54, 1.807) is 0 Å². The lowest BCUT2D eigenvalue weighted by Crippen LogP contribution is -2.21. The fourth-order valence-electron chi connectivity index (χ4n) is 1.48. The Morgan fingerprint density at radius 3 is 2.75 bits per heavy atom. The topological polar surface area (TPSA) is 40.5 Å². The van der Waals surface area contributed by atoms with E-state index in [9.17, 15) is 4.79 Å². The Labute approximate surface area is 104 Å². The lowest BCUT2D eigenvalue weighted by Gasteiger charge is -2.15. The molecule has 1 aromatic rings. The second-order valence-corrected chi connectivity index (χ2v) is 4.82. The quantitative estimate of drug-likeness (QED) is 0.904. The minimum Gasteiger partial charge on any atom is -0.481 e. The van der Waals surface area contributed by atoms with Crippen molar-refractivity contribution >= 4 is 21.9 Å². The maximum atomic E-state index is 10.4. The van der Waals surface area contributed by atoms with Crippen LogP contribution in [0, 0.1) is 6.92 Å². The Hall–Kier alpha value is -0.870. The summed E-state index contributed by atoms with van der Waals surface area (Å²) in [5, 5.41) is 8.58. The zero-order valence-electron chi connectivity index (χ0n) is 9.53. The third-order valence-electron chi connectivity index (χ3n) is 2.38. The fraction of sp³-hybridized carbons (Fsp3) is 0.417. The SMILES string of the molecule is Cc1cc(CN(C)CCC(=O)O)ccc1Br. The highest BCUT2D eigenvalue weighted by atomic mass is 79.9. The van der Waals surface area contributed by atoms with Gasteiger partial charge in [-0.3, -0.25) is 4.79 Å². The van der Waals surface area contributed by atoms with Crippen LogP contribution in [-0.4, -0.2) is 29.6 Å². The van der Waals surface area contributed by atoms with Crippen LogP contribution in [0.25, 0.3) is 0 Å². The van der Waals surface area contributed by atoms with E-state index >= 15 is 0 Å². The maximum Gasteiger partial charge on any atom is 0.304 e. The minimum absolute atomic E-state index is 0.187. The predicted molar refractivity (Wildman–Crippen MR) is 67.5 cm³/mol. The summed E-state index contributed by atoms with van der Waals surface area (Å²) in [4.78, 5) is 12.4. The summed E-state index contributed by atoms with van der Waals surface area (Å²) in [6, 6.07) is 6.19. The Bertz CT molecular complexity index is 379. The molecule has 88 valence electrons. The van der Waals surface area contributed by atoms with Gasteiger partial charge in [0.2, 0.25) is 0 Å². The molecule has 16 heavy (non-hydrogen) atoms. The summed E-state index contributed by atoms with van der Waals surface area (Å²) in [5.74, 6) is -0.751. The summed E-state index contributed by atoms with van der Waals surface area (Å²) in [7, 11) is 1.93. The van der Waals surface area contributed by atoms with Gasteiger partial charge in [-0.25, -0.2) is 0 Å². The van der Waals surface area contributed by atoms with Crippen LogP contribution >= 0.6 is 15.9 Å². The Morgan fingerprint density at radius 1 is 1.50 bits per heavy atom. The molecular formula is C12H16BrNO2. The number of carbonyl (C=O) groups is 1. The molecular weight excluding hydrogens is 270 g/mol. The molecule has 1 rings (SSSR count). The third-order valence-corrected chi connectivity index (χ3v) is 3.27. The van der Waals surface area contributed by atoms with Gasteiger partial charge in [-0.05, 0) is 31.2 Å². The first-order valence-electron chi connectivity index (χ1n) is 5.14. The van der Waals surface area contributed by atoms with Gasteiger partial charge in [0, 0.05) is 17.6 Å². The van der Waals surface area contributed by atoms with E-state index in [-0.39, 0.29) is 6.42 Å². The van der Waals surface area contributed by atoms with Crippen LogP contribution in [-0.2, 0) is 11.3 Å². The fourth-order valence-corrected chi connectivity index (χ4v) is 1.73. The van der Waals surface area contributed by atoms with Crippen molar-refractivity contribution in [1.82, 2.24) is 4.90 Å². The Kier molecular flexibility index (Phi) is 4.96. The van der Waals surface area contributed by atoms with E-state index < -0.39 is 5.97 Å². The largest absolute Gasteiger partial charge is 0.481 e. The number of halogens is 1. The minimum atomic E-state index is -0.751. The zero-order valence-corrected chi connectivity index (χ0v) is 11.1. The number of aliphatic carboxylic acids is 1. The number of carboxylic acid groups (broad SMARTS) is 1. The molecule has 0 fully saturated rings. The van der Waals surface area contributed by atoms with Gasteiger partial charge in [0.1, 0.15) is 0 Å². The molecule has 0 spiro atoms.